The molecule has 0 saturated carbocycles. The molecule has 1 aromatic carbocycles. The Bertz CT molecular complexity index is 594. The molecule has 0 radical (unpaired) electrons. The van der Waals surface area contributed by atoms with Crippen LogP contribution in [0.5, 0.6) is 11.6 Å². The van der Waals surface area contributed by atoms with E-state index in [1.807, 2.05) is 32.0 Å². The van der Waals surface area contributed by atoms with Crippen LogP contribution in [0.1, 0.15) is 50.9 Å². The van der Waals surface area contributed by atoms with Crippen molar-refractivity contribution in [3.8, 4) is 11.6 Å². The Kier molecular flexibility index (Phi) is 4.23. The third kappa shape index (κ3) is 3.47. The van der Waals surface area contributed by atoms with Crippen molar-refractivity contribution in [3.63, 3.8) is 0 Å². The minimum Gasteiger partial charge on any atom is -0.439 e. The van der Waals surface area contributed by atoms with E-state index >= 15 is 0 Å². The van der Waals surface area contributed by atoms with Gasteiger partial charge in [0.25, 0.3) is 0 Å². The number of aromatic nitrogens is 2. The van der Waals surface area contributed by atoms with Crippen LogP contribution < -0.4 is 10.5 Å². The van der Waals surface area contributed by atoms with Gasteiger partial charge in [0, 0.05) is 12.0 Å². The van der Waals surface area contributed by atoms with Gasteiger partial charge in [0.2, 0.25) is 5.88 Å². The van der Waals surface area contributed by atoms with E-state index in [2.05, 4.69) is 29.9 Å². The van der Waals surface area contributed by atoms with E-state index in [0.29, 0.717) is 23.4 Å². The first-order chi connectivity index (χ1) is 9.45. The van der Waals surface area contributed by atoms with Gasteiger partial charge in [-0.15, -0.1) is 0 Å². The molecule has 106 valence electrons. The van der Waals surface area contributed by atoms with Crippen LogP contribution in [0, 0.1) is 0 Å². The van der Waals surface area contributed by atoms with Gasteiger partial charge < -0.3 is 10.5 Å². The number of nitrogens with two attached hydrogens (primary N) is 1. The second-order valence-corrected chi connectivity index (χ2v) is 5.47. The summed E-state index contributed by atoms with van der Waals surface area (Å²) in [4.78, 5) is 8.60. The standard InChI is InChI=1S/C16H21N3O/c1-10(2)12-6-5-7-13(8-12)20-15-9-14(17)18-16(19-15)11(3)4/h5-11H,1-4H3,(H2,17,18,19). The van der Waals surface area contributed by atoms with Gasteiger partial charge >= 0.3 is 0 Å². The average Bonchev–Trinajstić information content (AvgIpc) is 2.38. The predicted molar refractivity (Wildman–Crippen MR) is 81.1 cm³/mol. The van der Waals surface area contributed by atoms with E-state index in [1.165, 1.54) is 5.56 Å². The lowest BCUT2D eigenvalue weighted by atomic mass is 10.0. The first kappa shape index (κ1) is 14.3. The van der Waals surface area contributed by atoms with Crippen molar-refractivity contribution in [3.05, 3.63) is 41.7 Å². The topological polar surface area (TPSA) is 61.0 Å². The van der Waals surface area contributed by atoms with Crippen LogP contribution in [0.25, 0.3) is 0 Å². The largest absolute Gasteiger partial charge is 0.439 e. The van der Waals surface area contributed by atoms with Crippen molar-refractivity contribution >= 4 is 5.82 Å². The summed E-state index contributed by atoms with van der Waals surface area (Å²) in [5, 5.41) is 0. The Hall–Kier alpha value is -2.10. The van der Waals surface area contributed by atoms with Crippen LogP contribution >= 0.6 is 0 Å². The third-order valence-corrected chi connectivity index (χ3v) is 3.00. The molecule has 2 aromatic rings. The fourth-order valence-electron chi connectivity index (χ4n) is 1.83. The molecule has 0 fully saturated rings. The minimum absolute atomic E-state index is 0.211. The highest BCUT2D eigenvalue weighted by atomic mass is 16.5. The second kappa shape index (κ2) is 5.90. The molecule has 0 bridgehead atoms. The summed E-state index contributed by atoms with van der Waals surface area (Å²) in [6.45, 7) is 8.35. The number of rotatable bonds is 4. The molecule has 0 atom stereocenters. The van der Waals surface area contributed by atoms with Crippen molar-refractivity contribution in [2.45, 2.75) is 39.5 Å². The number of benzene rings is 1. The van der Waals surface area contributed by atoms with Crippen molar-refractivity contribution in [2.24, 2.45) is 0 Å². The quantitative estimate of drug-likeness (QED) is 0.909. The summed E-state index contributed by atoms with van der Waals surface area (Å²) in [5.74, 6) is 3.05. The van der Waals surface area contributed by atoms with E-state index < -0.39 is 0 Å². The van der Waals surface area contributed by atoms with Gasteiger partial charge in [-0.25, -0.2) is 4.98 Å². The molecule has 1 aromatic heterocycles. The van der Waals surface area contributed by atoms with Crippen LogP contribution in [0.15, 0.2) is 30.3 Å². The van der Waals surface area contributed by atoms with Gasteiger partial charge in [-0.05, 0) is 23.6 Å². The summed E-state index contributed by atoms with van der Waals surface area (Å²) in [5.41, 5.74) is 7.03. The molecule has 0 unspecified atom stereocenters. The highest BCUT2D eigenvalue weighted by molar-refractivity contribution is 5.37. The molecule has 0 saturated heterocycles. The fraction of sp³-hybridized carbons (Fsp3) is 0.375. The third-order valence-electron chi connectivity index (χ3n) is 3.00. The molecule has 2 rings (SSSR count). The Morgan fingerprint density at radius 1 is 1.00 bits per heavy atom. The van der Waals surface area contributed by atoms with E-state index in [-0.39, 0.29) is 5.92 Å². The molecular formula is C16H21N3O. The maximum atomic E-state index is 5.81. The highest BCUT2D eigenvalue weighted by Crippen LogP contribution is 2.25. The van der Waals surface area contributed by atoms with Crippen LogP contribution in [0.4, 0.5) is 5.82 Å². The smallest absolute Gasteiger partial charge is 0.224 e. The Balaban J connectivity index is 2.27. The first-order valence-corrected chi connectivity index (χ1v) is 6.88. The number of hydrogen-bond acceptors (Lipinski definition) is 4. The summed E-state index contributed by atoms with van der Waals surface area (Å²) in [6.07, 6.45) is 0. The molecule has 4 nitrogen and oxygen atoms in total. The molecule has 1 heterocycles. The van der Waals surface area contributed by atoms with Gasteiger partial charge in [-0.1, -0.05) is 39.8 Å². The zero-order valence-electron chi connectivity index (χ0n) is 12.4. The summed E-state index contributed by atoms with van der Waals surface area (Å²) in [6, 6.07) is 9.66. The average molecular weight is 271 g/mol. The van der Waals surface area contributed by atoms with Gasteiger partial charge in [0.1, 0.15) is 17.4 Å². The maximum Gasteiger partial charge on any atom is 0.224 e. The molecule has 0 aliphatic rings. The van der Waals surface area contributed by atoms with Crippen molar-refractivity contribution in [1.82, 2.24) is 9.97 Å². The molecule has 0 spiro atoms. The van der Waals surface area contributed by atoms with Crippen molar-refractivity contribution < 1.29 is 4.74 Å². The molecule has 0 aliphatic heterocycles. The summed E-state index contributed by atoms with van der Waals surface area (Å²) < 4.78 is 5.81. The number of nitrogen functional groups attached to an aromatic ring is 1. The van der Waals surface area contributed by atoms with Gasteiger partial charge in [-0.2, -0.15) is 4.98 Å². The molecule has 0 amide bonds. The zero-order valence-corrected chi connectivity index (χ0v) is 12.4. The lowest BCUT2D eigenvalue weighted by molar-refractivity contribution is 0.456. The van der Waals surface area contributed by atoms with Crippen molar-refractivity contribution in [1.29, 1.82) is 0 Å². The minimum atomic E-state index is 0.211. The molecular weight excluding hydrogens is 250 g/mol. The Labute approximate surface area is 120 Å². The normalized spacial score (nSPS) is 11.1. The number of nitrogens with zero attached hydrogens (tertiary/aromatic N) is 2. The maximum absolute atomic E-state index is 5.81. The number of ether oxygens (including phenoxy) is 1. The van der Waals surface area contributed by atoms with Crippen LogP contribution in [-0.4, -0.2) is 9.97 Å². The number of anilines is 1. The molecule has 0 aliphatic carbocycles. The molecule has 4 heteroatoms. The van der Waals surface area contributed by atoms with E-state index in [1.54, 1.807) is 6.07 Å². The SMILES string of the molecule is CC(C)c1cccc(Oc2cc(N)nc(C(C)C)n2)c1. The Morgan fingerprint density at radius 3 is 2.40 bits per heavy atom. The highest BCUT2D eigenvalue weighted by Gasteiger charge is 2.09. The van der Waals surface area contributed by atoms with Crippen LogP contribution in [-0.2, 0) is 0 Å². The van der Waals surface area contributed by atoms with Gasteiger partial charge in [-0.3, -0.25) is 0 Å². The van der Waals surface area contributed by atoms with E-state index in [9.17, 15) is 0 Å². The zero-order chi connectivity index (χ0) is 14.7. The number of hydrogen-bond donors (Lipinski definition) is 1. The monoisotopic (exact) mass is 271 g/mol. The van der Waals surface area contributed by atoms with E-state index in [4.69, 9.17) is 10.5 Å². The fourth-order valence-corrected chi connectivity index (χ4v) is 1.83. The first-order valence-electron chi connectivity index (χ1n) is 6.88. The summed E-state index contributed by atoms with van der Waals surface area (Å²) in [7, 11) is 0. The van der Waals surface area contributed by atoms with Gasteiger partial charge in [0.15, 0.2) is 0 Å². The summed E-state index contributed by atoms with van der Waals surface area (Å²) >= 11 is 0. The second-order valence-electron chi connectivity index (χ2n) is 5.47. The lowest BCUT2D eigenvalue weighted by Crippen LogP contribution is -2.03. The van der Waals surface area contributed by atoms with Crippen molar-refractivity contribution in [2.75, 3.05) is 5.73 Å². The van der Waals surface area contributed by atoms with Gasteiger partial charge in [0.05, 0.1) is 0 Å². The van der Waals surface area contributed by atoms with Crippen LogP contribution in [0.2, 0.25) is 0 Å². The molecule has 2 N–H and O–H groups in total. The van der Waals surface area contributed by atoms with E-state index in [0.717, 1.165) is 5.75 Å². The Morgan fingerprint density at radius 2 is 1.75 bits per heavy atom. The molecule has 20 heavy (non-hydrogen) atoms. The predicted octanol–water partition coefficient (Wildman–Crippen LogP) is 4.10. The van der Waals surface area contributed by atoms with Crippen LogP contribution in [0.3, 0.4) is 0 Å². The lowest BCUT2D eigenvalue weighted by Gasteiger charge is -2.11.